The minimum Gasteiger partial charge on any atom is -0.490 e. The molecule has 0 saturated carbocycles. The van der Waals surface area contributed by atoms with Gasteiger partial charge in [-0.05, 0) is 77.6 Å². The van der Waals surface area contributed by atoms with Gasteiger partial charge >= 0.3 is 0 Å². The van der Waals surface area contributed by atoms with Crippen molar-refractivity contribution in [2.24, 2.45) is 0 Å². The number of rotatable bonds is 7. The molecule has 3 aromatic rings. The van der Waals surface area contributed by atoms with Crippen LogP contribution in [0.4, 0.5) is 5.69 Å². The molecule has 9 heteroatoms. The van der Waals surface area contributed by atoms with Crippen molar-refractivity contribution in [2.45, 2.75) is 13.5 Å². The molecule has 34 heavy (non-hydrogen) atoms. The van der Waals surface area contributed by atoms with E-state index in [0.29, 0.717) is 37.4 Å². The zero-order chi connectivity index (χ0) is 24.2. The van der Waals surface area contributed by atoms with Crippen molar-refractivity contribution in [1.29, 1.82) is 0 Å². The van der Waals surface area contributed by atoms with Gasteiger partial charge in [-0.3, -0.25) is 9.69 Å². The third-order valence-electron chi connectivity index (χ3n) is 4.82. The van der Waals surface area contributed by atoms with Gasteiger partial charge in [0.2, 0.25) is 0 Å². The van der Waals surface area contributed by atoms with Crippen LogP contribution in [-0.4, -0.2) is 16.8 Å². The van der Waals surface area contributed by atoms with E-state index < -0.39 is 0 Å². The molecule has 0 aliphatic carbocycles. The molecule has 1 amide bonds. The van der Waals surface area contributed by atoms with Crippen molar-refractivity contribution in [3.63, 3.8) is 0 Å². The highest BCUT2D eigenvalue weighted by molar-refractivity contribution is 14.1. The Morgan fingerprint density at radius 1 is 1.09 bits per heavy atom. The van der Waals surface area contributed by atoms with Gasteiger partial charge in [0, 0.05) is 15.6 Å². The number of thiocarbonyl (C=S) groups is 1. The average Bonchev–Trinajstić information content (AvgIpc) is 3.08. The molecule has 0 spiro atoms. The van der Waals surface area contributed by atoms with Gasteiger partial charge in [0.05, 0.1) is 20.8 Å². The molecule has 4 nitrogen and oxygen atoms in total. The summed E-state index contributed by atoms with van der Waals surface area (Å²) in [6.45, 7) is 2.64. The first kappa shape index (κ1) is 25.3. The van der Waals surface area contributed by atoms with Gasteiger partial charge in [-0.1, -0.05) is 71.4 Å². The summed E-state index contributed by atoms with van der Waals surface area (Å²) < 4.78 is 13.3. The van der Waals surface area contributed by atoms with Crippen LogP contribution in [0.1, 0.15) is 18.1 Å². The predicted octanol–water partition coefficient (Wildman–Crippen LogP) is 7.98. The molecule has 0 aromatic heterocycles. The number of thioether (sulfide) groups is 1. The van der Waals surface area contributed by atoms with Crippen molar-refractivity contribution in [3.05, 3.63) is 90.3 Å². The van der Waals surface area contributed by atoms with Crippen molar-refractivity contribution >= 4 is 91.8 Å². The molecule has 0 bridgehead atoms. The Bertz CT molecular complexity index is 1280. The highest BCUT2D eigenvalue weighted by Crippen LogP contribution is 2.39. The zero-order valence-corrected chi connectivity index (χ0v) is 23.2. The summed E-state index contributed by atoms with van der Waals surface area (Å²) in [5.41, 5.74) is 2.39. The van der Waals surface area contributed by atoms with Crippen LogP contribution in [0.3, 0.4) is 0 Å². The van der Waals surface area contributed by atoms with Crippen molar-refractivity contribution in [2.75, 3.05) is 11.5 Å². The lowest BCUT2D eigenvalue weighted by atomic mass is 10.1. The van der Waals surface area contributed by atoms with Gasteiger partial charge in [-0.15, -0.1) is 0 Å². The first-order chi connectivity index (χ1) is 16.4. The second-order valence-corrected chi connectivity index (χ2v) is 10.8. The Balaban J connectivity index is 1.60. The molecule has 3 aromatic carbocycles. The van der Waals surface area contributed by atoms with Crippen LogP contribution in [0.2, 0.25) is 10.0 Å². The van der Waals surface area contributed by atoms with Crippen molar-refractivity contribution < 1.29 is 14.3 Å². The summed E-state index contributed by atoms with van der Waals surface area (Å²) in [6, 6.07) is 18.5. The van der Waals surface area contributed by atoms with Crippen LogP contribution in [-0.2, 0) is 11.4 Å². The number of ether oxygens (including phenoxy) is 2. The molecular weight excluding hydrogens is 624 g/mol. The minimum atomic E-state index is -0.146. The molecule has 4 rings (SSSR count). The first-order valence-electron chi connectivity index (χ1n) is 10.2. The fourth-order valence-electron chi connectivity index (χ4n) is 3.28. The summed E-state index contributed by atoms with van der Waals surface area (Å²) in [4.78, 5) is 15.2. The van der Waals surface area contributed by atoms with Crippen LogP contribution < -0.4 is 14.4 Å². The van der Waals surface area contributed by atoms with Crippen molar-refractivity contribution in [3.8, 4) is 11.5 Å². The average molecular weight is 642 g/mol. The molecule has 1 saturated heterocycles. The fourth-order valence-corrected chi connectivity index (χ4v) is 5.82. The Morgan fingerprint density at radius 2 is 1.85 bits per heavy atom. The maximum Gasteiger partial charge on any atom is 0.270 e. The molecule has 0 unspecified atom stereocenters. The van der Waals surface area contributed by atoms with E-state index in [1.807, 2.05) is 61.5 Å². The Labute approximate surface area is 231 Å². The number of hydrogen-bond acceptors (Lipinski definition) is 5. The van der Waals surface area contributed by atoms with E-state index in [0.717, 1.165) is 20.4 Å². The summed E-state index contributed by atoms with van der Waals surface area (Å²) in [7, 11) is 0. The molecule has 1 aliphatic heterocycles. The number of para-hydroxylation sites is 1. The maximum atomic E-state index is 13.1. The normalized spacial score (nSPS) is 14.7. The third-order valence-corrected chi connectivity index (χ3v) is 7.52. The maximum absolute atomic E-state index is 13.1. The summed E-state index contributed by atoms with van der Waals surface area (Å²) in [5.74, 6) is 1.05. The number of nitrogens with zero attached hydrogens (tertiary/aromatic N) is 1. The van der Waals surface area contributed by atoms with Crippen LogP contribution in [0.5, 0.6) is 11.5 Å². The molecule has 1 fully saturated rings. The number of carbonyl (C=O) groups excluding carboxylic acids is 1. The lowest BCUT2D eigenvalue weighted by Gasteiger charge is -2.15. The number of benzene rings is 3. The lowest BCUT2D eigenvalue weighted by Crippen LogP contribution is -2.27. The smallest absolute Gasteiger partial charge is 0.270 e. The van der Waals surface area contributed by atoms with E-state index >= 15 is 0 Å². The molecular formula is C25H18Cl2INO3S2. The first-order valence-corrected chi connectivity index (χ1v) is 13.3. The monoisotopic (exact) mass is 641 g/mol. The molecule has 174 valence electrons. The largest absolute Gasteiger partial charge is 0.490 e. The van der Waals surface area contributed by atoms with Crippen LogP contribution >= 0.6 is 69.8 Å². The second-order valence-electron chi connectivity index (χ2n) is 7.14. The lowest BCUT2D eigenvalue weighted by molar-refractivity contribution is -0.113. The van der Waals surface area contributed by atoms with Crippen LogP contribution in [0.15, 0.2) is 65.6 Å². The van der Waals surface area contributed by atoms with Crippen LogP contribution in [0, 0.1) is 3.57 Å². The Hall–Kier alpha value is -1.78. The van der Waals surface area contributed by atoms with E-state index in [1.54, 1.807) is 17.0 Å². The number of halogens is 3. The van der Waals surface area contributed by atoms with Crippen molar-refractivity contribution in [1.82, 2.24) is 0 Å². The summed E-state index contributed by atoms with van der Waals surface area (Å²) in [5, 5.41) is 1.11. The number of amides is 1. The highest BCUT2D eigenvalue weighted by atomic mass is 127. The molecule has 0 radical (unpaired) electrons. The number of anilines is 1. The van der Waals surface area contributed by atoms with Gasteiger partial charge < -0.3 is 9.47 Å². The summed E-state index contributed by atoms with van der Waals surface area (Å²) in [6.07, 6.45) is 1.83. The van der Waals surface area contributed by atoms with Gasteiger partial charge in [-0.2, -0.15) is 0 Å². The van der Waals surface area contributed by atoms with Gasteiger partial charge in [0.25, 0.3) is 5.91 Å². The van der Waals surface area contributed by atoms with Crippen LogP contribution in [0.25, 0.3) is 6.08 Å². The fraction of sp³-hybridized carbons (Fsp3) is 0.120. The number of carbonyl (C=O) groups is 1. The zero-order valence-electron chi connectivity index (χ0n) is 17.9. The van der Waals surface area contributed by atoms with E-state index in [9.17, 15) is 4.79 Å². The van der Waals surface area contributed by atoms with Gasteiger partial charge in [0.15, 0.2) is 15.8 Å². The molecule has 1 aliphatic rings. The van der Waals surface area contributed by atoms with E-state index in [2.05, 4.69) is 22.6 Å². The highest BCUT2D eigenvalue weighted by Gasteiger charge is 2.33. The SMILES string of the molecule is CCOc1cc(/C=C2/SC(=S)N(c3ccccc3)C2=O)cc(I)c1OCc1ccc(Cl)cc1Cl. The third kappa shape index (κ3) is 5.71. The molecule has 0 atom stereocenters. The quantitative estimate of drug-likeness (QED) is 0.149. The Kier molecular flexibility index (Phi) is 8.42. The minimum absolute atomic E-state index is 0.146. The second kappa shape index (κ2) is 11.3. The Morgan fingerprint density at radius 3 is 2.56 bits per heavy atom. The van der Waals surface area contributed by atoms with Gasteiger partial charge in [-0.25, -0.2) is 0 Å². The van der Waals surface area contributed by atoms with E-state index in [4.69, 9.17) is 44.9 Å². The van der Waals surface area contributed by atoms with E-state index in [-0.39, 0.29) is 12.5 Å². The molecule has 0 N–H and O–H groups in total. The van der Waals surface area contributed by atoms with Gasteiger partial charge in [0.1, 0.15) is 6.61 Å². The number of hydrogen-bond donors (Lipinski definition) is 0. The summed E-state index contributed by atoms with van der Waals surface area (Å²) >= 11 is 21.2. The topological polar surface area (TPSA) is 38.8 Å². The predicted molar refractivity (Wildman–Crippen MR) is 153 cm³/mol. The molecule has 1 heterocycles. The van der Waals surface area contributed by atoms with E-state index in [1.165, 1.54) is 11.8 Å². The standard InChI is InChI=1S/C25H18Cl2INO3S2/c1-2-31-21-11-15(10-20(28)23(21)32-14-16-8-9-17(26)13-19(16)27)12-22-24(30)29(25(33)34-22)18-6-4-3-5-7-18/h3-13H,2,14H2,1H3/b22-12+.